The Labute approximate surface area is 137 Å². The number of aryl methyl sites for hydroxylation is 1. The van der Waals surface area contributed by atoms with Crippen molar-refractivity contribution >= 4 is 22.5 Å². The Morgan fingerprint density at radius 1 is 1.29 bits per heavy atom. The third-order valence-electron chi connectivity index (χ3n) is 4.34. The highest BCUT2D eigenvalue weighted by Gasteiger charge is 2.20. The fourth-order valence-electron chi connectivity index (χ4n) is 3.10. The fraction of sp³-hybridized carbons (Fsp3) is 0.438. The maximum absolute atomic E-state index is 12.7. The molecule has 3 aromatic rings. The molecule has 4 rings (SSSR count). The van der Waals surface area contributed by atoms with Gasteiger partial charge in [-0.25, -0.2) is 4.68 Å². The minimum absolute atomic E-state index is 0.0606. The van der Waals surface area contributed by atoms with Crippen molar-refractivity contribution in [1.29, 1.82) is 0 Å². The van der Waals surface area contributed by atoms with Crippen LogP contribution in [0.4, 0.5) is 0 Å². The Balaban J connectivity index is 1.76. The molecule has 0 saturated carbocycles. The summed E-state index contributed by atoms with van der Waals surface area (Å²) < 4.78 is 13.7. The smallest absolute Gasteiger partial charge is 0.291 e. The lowest BCUT2D eigenvalue weighted by molar-refractivity contribution is -0.136. The van der Waals surface area contributed by atoms with Gasteiger partial charge >= 0.3 is 0 Å². The van der Waals surface area contributed by atoms with Crippen molar-refractivity contribution in [2.24, 2.45) is 0 Å². The molecular formula is C16H18N4O4. The van der Waals surface area contributed by atoms with Crippen molar-refractivity contribution in [2.75, 3.05) is 26.3 Å². The number of carbonyl (C=O) groups excluding carboxylic acids is 1. The maximum atomic E-state index is 12.7. The Kier molecular flexibility index (Phi) is 3.61. The van der Waals surface area contributed by atoms with Gasteiger partial charge in [-0.3, -0.25) is 14.0 Å². The van der Waals surface area contributed by atoms with E-state index in [-0.39, 0.29) is 18.0 Å². The molecule has 24 heavy (non-hydrogen) atoms. The molecule has 0 unspecified atom stereocenters. The average Bonchev–Trinajstić information content (AvgIpc) is 3.19. The minimum atomic E-state index is -0.291. The number of nitrogens with zero attached hydrogens (tertiary/aromatic N) is 4. The molecule has 1 aliphatic heterocycles. The standard InChI is InChI=1S/C16H18N4O4/c1-2-14-17-19(10-15(21)18-4-7-23-8-5-18)16(22)12-9-13-11(20(12)14)3-6-24-13/h3,6,9H,2,4-5,7-8,10H2,1H3. The van der Waals surface area contributed by atoms with Crippen LogP contribution in [0.3, 0.4) is 0 Å². The van der Waals surface area contributed by atoms with E-state index in [0.29, 0.717) is 43.8 Å². The van der Waals surface area contributed by atoms with E-state index in [2.05, 4.69) is 5.10 Å². The van der Waals surface area contributed by atoms with E-state index in [0.717, 1.165) is 11.3 Å². The molecule has 3 aromatic heterocycles. The highest BCUT2D eigenvalue weighted by atomic mass is 16.5. The first-order valence-corrected chi connectivity index (χ1v) is 8.03. The van der Waals surface area contributed by atoms with Gasteiger partial charge in [0.15, 0.2) is 5.58 Å². The summed E-state index contributed by atoms with van der Waals surface area (Å²) >= 11 is 0. The average molecular weight is 330 g/mol. The lowest BCUT2D eigenvalue weighted by Crippen LogP contribution is -2.44. The number of ether oxygens (including phenoxy) is 1. The number of hydrogen-bond donors (Lipinski definition) is 0. The van der Waals surface area contributed by atoms with Crippen molar-refractivity contribution in [3.05, 3.63) is 34.6 Å². The van der Waals surface area contributed by atoms with Gasteiger partial charge in [-0.05, 0) is 0 Å². The van der Waals surface area contributed by atoms with Gasteiger partial charge in [-0.1, -0.05) is 6.92 Å². The van der Waals surface area contributed by atoms with Gasteiger partial charge in [0, 0.05) is 31.6 Å². The van der Waals surface area contributed by atoms with Crippen LogP contribution in [0.15, 0.2) is 27.6 Å². The molecule has 0 bridgehead atoms. The molecule has 0 atom stereocenters. The van der Waals surface area contributed by atoms with Crippen molar-refractivity contribution in [1.82, 2.24) is 19.1 Å². The molecule has 0 aromatic carbocycles. The van der Waals surface area contributed by atoms with Gasteiger partial charge in [-0.2, -0.15) is 5.10 Å². The zero-order chi connectivity index (χ0) is 16.7. The molecule has 8 heteroatoms. The van der Waals surface area contributed by atoms with Gasteiger partial charge < -0.3 is 14.1 Å². The Hall–Kier alpha value is -2.61. The Morgan fingerprint density at radius 3 is 2.83 bits per heavy atom. The molecule has 8 nitrogen and oxygen atoms in total. The number of hydrogen-bond acceptors (Lipinski definition) is 5. The first-order chi connectivity index (χ1) is 11.7. The molecule has 0 spiro atoms. The van der Waals surface area contributed by atoms with Gasteiger partial charge in [0.25, 0.3) is 5.56 Å². The first kappa shape index (κ1) is 14.9. The number of furan rings is 1. The van der Waals surface area contributed by atoms with Gasteiger partial charge in [0.1, 0.15) is 17.9 Å². The van der Waals surface area contributed by atoms with Crippen LogP contribution in [0.25, 0.3) is 16.6 Å². The molecule has 0 N–H and O–H groups in total. The zero-order valence-corrected chi connectivity index (χ0v) is 13.4. The van der Waals surface area contributed by atoms with E-state index in [4.69, 9.17) is 9.15 Å². The maximum Gasteiger partial charge on any atom is 0.291 e. The van der Waals surface area contributed by atoms with E-state index in [1.54, 1.807) is 21.6 Å². The number of carbonyl (C=O) groups is 1. The van der Waals surface area contributed by atoms with Gasteiger partial charge in [-0.15, -0.1) is 0 Å². The lowest BCUT2D eigenvalue weighted by atomic mass is 10.4. The van der Waals surface area contributed by atoms with Crippen LogP contribution in [0, 0.1) is 0 Å². The van der Waals surface area contributed by atoms with Crippen LogP contribution in [0.1, 0.15) is 12.7 Å². The van der Waals surface area contributed by atoms with Crippen molar-refractivity contribution < 1.29 is 13.9 Å². The van der Waals surface area contributed by atoms with Gasteiger partial charge in [0.2, 0.25) is 5.91 Å². The normalized spacial score (nSPS) is 15.5. The summed E-state index contributed by atoms with van der Waals surface area (Å²) in [7, 11) is 0. The second-order valence-corrected chi connectivity index (χ2v) is 5.76. The van der Waals surface area contributed by atoms with E-state index in [9.17, 15) is 9.59 Å². The Morgan fingerprint density at radius 2 is 2.08 bits per heavy atom. The third kappa shape index (κ3) is 2.30. The van der Waals surface area contributed by atoms with Crippen molar-refractivity contribution in [2.45, 2.75) is 19.9 Å². The Bertz CT molecular complexity index is 962. The topological polar surface area (TPSA) is 82.0 Å². The zero-order valence-electron chi connectivity index (χ0n) is 13.4. The summed E-state index contributed by atoms with van der Waals surface area (Å²) in [5.41, 5.74) is 1.64. The highest BCUT2D eigenvalue weighted by Crippen LogP contribution is 2.20. The molecule has 1 aliphatic rings. The highest BCUT2D eigenvalue weighted by molar-refractivity contribution is 5.82. The molecule has 0 radical (unpaired) electrons. The van der Waals surface area contributed by atoms with E-state index in [1.807, 2.05) is 13.0 Å². The van der Waals surface area contributed by atoms with Crippen LogP contribution in [0.2, 0.25) is 0 Å². The largest absolute Gasteiger partial charge is 0.463 e. The SMILES string of the molecule is CCc1nn(CC(=O)N2CCOCC2)c(=O)c2cc3occc3n12. The van der Waals surface area contributed by atoms with E-state index in [1.165, 1.54) is 4.68 Å². The quantitative estimate of drug-likeness (QED) is 0.705. The summed E-state index contributed by atoms with van der Waals surface area (Å²) in [6.45, 7) is 4.06. The monoisotopic (exact) mass is 330 g/mol. The number of aromatic nitrogens is 3. The van der Waals surface area contributed by atoms with Gasteiger partial charge in [0.05, 0.1) is 25.0 Å². The minimum Gasteiger partial charge on any atom is -0.463 e. The first-order valence-electron chi connectivity index (χ1n) is 8.03. The molecule has 1 amide bonds. The number of morpholine rings is 1. The predicted octanol–water partition coefficient (Wildman–Crippen LogP) is 0.663. The van der Waals surface area contributed by atoms with Crippen LogP contribution in [0.5, 0.6) is 0 Å². The summed E-state index contributed by atoms with van der Waals surface area (Å²) in [6, 6.07) is 3.51. The molecule has 4 heterocycles. The van der Waals surface area contributed by atoms with Crippen LogP contribution >= 0.6 is 0 Å². The molecule has 1 fully saturated rings. The second-order valence-electron chi connectivity index (χ2n) is 5.76. The summed E-state index contributed by atoms with van der Waals surface area (Å²) in [6.07, 6.45) is 2.22. The van der Waals surface area contributed by atoms with Crippen LogP contribution in [-0.4, -0.2) is 51.3 Å². The molecule has 1 saturated heterocycles. The number of rotatable bonds is 3. The molecule has 0 aliphatic carbocycles. The van der Waals surface area contributed by atoms with E-state index >= 15 is 0 Å². The fourth-order valence-corrected chi connectivity index (χ4v) is 3.10. The predicted molar refractivity (Wildman–Crippen MR) is 86.0 cm³/mol. The number of amides is 1. The van der Waals surface area contributed by atoms with E-state index < -0.39 is 0 Å². The van der Waals surface area contributed by atoms with Crippen molar-refractivity contribution in [3.8, 4) is 0 Å². The molecular weight excluding hydrogens is 312 g/mol. The third-order valence-corrected chi connectivity index (χ3v) is 4.34. The summed E-state index contributed by atoms with van der Waals surface area (Å²) in [4.78, 5) is 26.9. The summed E-state index contributed by atoms with van der Waals surface area (Å²) in [5.74, 6) is 0.602. The van der Waals surface area contributed by atoms with Crippen LogP contribution < -0.4 is 5.56 Å². The summed E-state index contributed by atoms with van der Waals surface area (Å²) in [5, 5.41) is 4.40. The number of fused-ring (bicyclic) bond motifs is 3. The molecule has 126 valence electrons. The second kappa shape index (κ2) is 5.79. The lowest BCUT2D eigenvalue weighted by Gasteiger charge is -2.26. The van der Waals surface area contributed by atoms with Crippen molar-refractivity contribution in [3.63, 3.8) is 0 Å². The van der Waals surface area contributed by atoms with Crippen LogP contribution in [-0.2, 0) is 22.5 Å².